The third-order valence-electron chi connectivity index (χ3n) is 3.02. The van der Waals surface area contributed by atoms with E-state index in [1.807, 2.05) is 43.3 Å². The van der Waals surface area contributed by atoms with E-state index in [0.717, 1.165) is 24.2 Å². The molecule has 0 spiro atoms. The van der Waals surface area contributed by atoms with Crippen molar-refractivity contribution in [2.45, 2.75) is 0 Å². The number of carboxylic acid groups (broad SMARTS) is 1. The topological polar surface area (TPSA) is 65.5 Å². The molecule has 0 aliphatic carbocycles. The minimum atomic E-state index is -1.01. The van der Waals surface area contributed by atoms with E-state index >= 15 is 0 Å². The zero-order valence-electron chi connectivity index (χ0n) is 11.1. The van der Waals surface area contributed by atoms with Gasteiger partial charge in [-0.25, -0.2) is 9.78 Å². The van der Waals surface area contributed by atoms with Crippen molar-refractivity contribution in [1.29, 1.82) is 0 Å². The monoisotopic (exact) mass is 259 g/mol. The number of nitrogens with zero attached hydrogens (tertiary/aromatic N) is 2. The maximum absolute atomic E-state index is 11.1. The highest BCUT2D eigenvalue weighted by molar-refractivity contribution is 5.97. The van der Waals surface area contributed by atoms with Gasteiger partial charge >= 0.3 is 5.97 Å². The third kappa shape index (κ3) is 2.82. The van der Waals surface area contributed by atoms with Gasteiger partial charge in [-0.3, -0.25) is 0 Å². The number of benzene rings is 1. The second kappa shape index (κ2) is 5.67. The highest BCUT2D eigenvalue weighted by Crippen LogP contribution is 2.25. The molecular formula is C14H17N3O2. The molecule has 0 amide bonds. The SMILES string of the molecule is CNCCN(C)c1cc(C(=O)O)nc2ccccc12. The van der Waals surface area contributed by atoms with Gasteiger partial charge in [-0.05, 0) is 19.2 Å². The smallest absolute Gasteiger partial charge is 0.354 e. The van der Waals surface area contributed by atoms with Crippen LogP contribution in [0.4, 0.5) is 5.69 Å². The number of likely N-dealkylation sites (N-methyl/N-ethyl adjacent to an activating group) is 2. The van der Waals surface area contributed by atoms with Crippen LogP contribution in [0.25, 0.3) is 10.9 Å². The summed E-state index contributed by atoms with van der Waals surface area (Å²) in [5.74, 6) is -1.01. The summed E-state index contributed by atoms with van der Waals surface area (Å²) in [4.78, 5) is 17.3. The lowest BCUT2D eigenvalue weighted by molar-refractivity contribution is 0.0691. The summed E-state index contributed by atoms with van der Waals surface area (Å²) in [5.41, 5.74) is 1.66. The van der Waals surface area contributed by atoms with Crippen LogP contribution in [0.3, 0.4) is 0 Å². The Morgan fingerprint density at radius 3 is 2.84 bits per heavy atom. The molecule has 5 nitrogen and oxygen atoms in total. The van der Waals surface area contributed by atoms with Crippen molar-refractivity contribution in [3.8, 4) is 0 Å². The van der Waals surface area contributed by atoms with Gasteiger partial charge in [0, 0.05) is 31.2 Å². The first kappa shape index (κ1) is 13.3. The summed E-state index contributed by atoms with van der Waals surface area (Å²) in [6.45, 7) is 1.62. The summed E-state index contributed by atoms with van der Waals surface area (Å²) in [6, 6.07) is 9.20. The molecule has 5 heteroatoms. The number of aromatic carboxylic acids is 1. The molecule has 0 aliphatic heterocycles. The van der Waals surface area contributed by atoms with Gasteiger partial charge < -0.3 is 15.3 Å². The number of para-hydroxylation sites is 1. The molecule has 0 unspecified atom stereocenters. The van der Waals surface area contributed by atoms with Crippen LogP contribution in [-0.2, 0) is 0 Å². The van der Waals surface area contributed by atoms with Crippen molar-refractivity contribution in [3.63, 3.8) is 0 Å². The van der Waals surface area contributed by atoms with Gasteiger partial charge in [-0.1, -0.05) is 18.2 Å². The van der Waals surface area contributed by atoms with Crippen molar-refractivity contribution < 1.29 is 9.90 Å². The Kier molecular flexibility index (Phi) is 3.97. The average molecular weight is 259 g/mol. The molecule has 0 aliphatic rings. The Morgan fingerprint density at radius 2 is 2.16 bits per heavy atom. The Hall–Kier alpha value is -2.14. The molecule has 1 aromatic heterocycles. The lowest BCUT2D eigenvalue weighted by atomic mass is 10.1. The molecule has 1 aromatic carbocycles. The predicted molar refractivity (Wildman–Crippen MR) is 75.9 cm³/mol. The van der Waals surface area contributed by atoms with Crippen LogP contribution < -0.4 is 10.2 Å². The van der Waals surface area contributed by atoms with E-state index in [0.29, 0.717) is 5.52 Å². The number of hydrogen-bond acceptors (Lipinski definition) is 4. The largest absolute Gasteiger partial charge is 0.477 e. The molecule has 2 aromatic rings. The van der Waals surface area contributed by atoms with Crippen LogP contribution in [0.2, 0.25) is 0 Å². The van der Waals surface area contributed by atoms with Crippen molar-refractivity contribution in [2.75, 3.05) is 32.1 Å². The number of hydrogen-bond donors (Lipinski definition) is 2. The van der Waals surface area contributed by atoms with Gasteiger partial charge in [0.15, 0.2) is 5.69 Å². The Balaban J connectivity index is 2.53. The fourth-order valence-corrected chi connectivity index (χ4v) is 1.98. The van der Waals surface area contributed by atoms with E-state index in [1.165, 1.54) is 0 Å². The highest BCUT2D eigenvalue weighted by Gasteiger charge is 2.12. The summed E-state index contributed by atoms with van der Waals surface area (Å²) in [5, 5.41) is 13.2. The lowest BCUT2D eigenvalue weighted by Crippen LogP contribution is -2.27. The Labute approximate surface area is 111 Å². The van der Waals surface area contributed by atoms with Gasteiger partial charge in [0.25, 0.3) is 0 Å². The zero-order valence-corrected chi connectivity index (χ0v) is 11.1. The number of aromatic nitrogens is 1. The number of carbonyl (C=O) groups is 1. The van der Waals surface area contributed by atoms with E-state index in [2.05, 4.69) is 10.3 Å². The number of pyridine rings is 1. The van der Waals surface area contributed by atoms with Crippen LogP contribution in [0, 0.1) is 0 Å². The number of nitrogens with one attached hydrogen (secondary N) is 1. The van der Waals surface area contributed by atoms with Crippen LogP contribution in [0.5, 0.6) is 0 Å². The minimum absolute atomic E-state index is 0.0741. The van der Waals surface area contributed by atoms with Crippen LogP contribution >= 0.6 is 0 Å². The minimum Gasteiger partial charge on any atom is -0.477 e. The quantitative estimate of drug-likeness (QED) is 0.853. The second-order valence-corrected chi connectivity index (χ2v) is 4.37. The summed E-state index contributed by atoms with van der Waals surface area (Å²) >= 11 is 0. The molecule has 2 rings (SSSR count). The first-order valence-corrected chi connectivity index (χ1v) is 6.12. The summed E-state index contributed by atoms with van der Waals surface area (Å²) in [7, 11) is 3.84. The lowest BCUT2D eigenvalue weighted by Gasteiger charge is -2.21. The Morgan fingerprint density at radius 1 is 1.42 bits per heavy atom. The maximum atomic E-state index is 11.1. The van der Waals surface area contributed by atoms with Crippen molar-refractivity contribution >= 4 is 22.6 Å². The zero-order chi connectivity index (χ0) is 13.8. The van der Waals surface area contributed by atoms with Gasteiger partial charge in [-0.15, -0.1) is 0 Å². The molecule has 0 bridgehead atoms. The molecule has 2 N–H and O–H groups in total. The molecule has 0 radical (unpaired) electrons. The average Bonchev–Trinajstić information content (AvgIpc) is 2.43. The molecule has 0 fully saturated rings. The van der Waals surface area contributed by atoms with Gasteiger partial charge in [0.1, 0.15) is 0 Å². The highest BCUT2D eigenvalue weighted by atomic mass is 16.4. The maximum Gasteiger partial charge on any atom is 0.354 e. The first-order chi connectivity index (χ1) is 9.13. The van der Waals surface area contributed by atoms with E-state index < -0.39 is 5.97 Å². The summed E-state index contributed by atoms with van der Waals surface area (Å²) in [6.07, 6.45) is 0. The summed E-state index contributed by atoms with van der Waals surface area (Å²) < 4.78 is 0. The number of carboxylic acids is 1. The molecule has 0 saturated heterocycles. The van der Waals surface area contributed by atoms with E-state index in [4.69, 9.17) is 5.11 Å². The van der Waals surface area contributed by atoms with Gasteiger partial charge in [0.2, 0.25) is 0 Å². The number of anilines is 1. The fraction of sp³-hybridized carbons (Fsp3) is 0.286. The Bertz CT molecular complexity index is 598. The van der Waals surface area contributed by atoms with E-state index in [1.54, 1.807) is 6.07 Å². The molecule has 1 heterocycles. The third-order valence-corrected chi connectivity index (χ3v) is 3.02. The van der Waals surface area contributed by atoms with Crippen LogP contribution in [0.15, 0.2) is 30.3 Å². The molecule has 100 valence electrons. The van der Waals surface area contributed by atoms with Gasteiger partial charge in [-0.2, -0.15) is 0 Å². The van der Waals surface area contributed by atoms with E-state index in [9.17, 15) is 4.79 Å². The van der Waals surface area contributed by atoms with Crippen molar-refractivity contribution in [1.82, 2.24) is 10.3 Å². The number of fused-ring (bicyclic) bond motifs is 1. The second-order valence-electron chi connectivity index (χ2n) is 4.37. The molecular weight excluding hydrogens is 242 g/mol. The van der Waals surface area contributed by atoms with Crippen LogP contribution in [0.1, 0.15) is 10.5 Å². The first-order valence-electron chi connectivity index (χ1n) is 6.12. The standard InChI is InChI=1S/C14H17N3O2/c1-15-7-8-17(2)13-9-12(14(18)19)16-11-6-4-3-5-10(11)13/h3-6,9,15H,7-8H2,1-2H3,(H,18,19). The normalized spacial score (nSPS) is 10.6. The van der Waals surface area contributed by atoms with Crippen LogP contribution in [-0.4, -0.2) is 43.2 Å². The predicted octanol–water partition coefficient (Wildman–Crippen LogP) is 1.59. The van der Waals surface area contributed by atoms with Gasteiger partial charge in [0.05, 0.1) is 5.52 Å². The van der Waals surface area contributed by atoms with E-state index in [-0.39, 0.29) is 5.69 Å². The number of rotatable bonds is 5. The molecule has 0 atom stereocenters. The van der Waals surface area contributed by atoms with Crippen molar-refractivity contribution in [2.24, 2.45) is 0 Å². The molecule has 0 saturated carbocycles. The fourth-order valence-electron chi connectivity index (χ4n) is 1.98. The van der Waals surface area contributed by atoms with Crippen molar-refractivity contribution in [3.05, 3.63) is 36.0 Å². The molecule has 19 heavy (non-hydrogen) atoms.